The first-order valence-electron chi connectivity index (χ1n) is 5.05. The maximum absolute atomic E-state index is 12.6. The molecule has 1 aliphatic heterocycles. The zero-order chi connectivity index (χ0) is 12.8. The summed E-state index contributed by atoms with van der Waals surface area (Å²) in [6.45, 7) is 3.67. The number of hydrogen-bond donors (Lipinski definition) is 0. The molecule has 1 rings (SSSR count). The molecule has 0 nitrogen and oxygen atoms in total. The van der Waals surface area contributed by atoms with Gasteiger partial charge in [-0.1, -0.05) is 25.2 Å². The molecule has 1 saturated heterocycles. The van der Waals surface area contributed by atoms with E-state index in [4.69, 9.17) is 0 Å². The highest BCUT2D eigenvalue weighted by Gasteiger charge is 2.70. The fourth-order valence-corrected chi connectivity index (χ4v) is 4.54. The fraction of sp³-hybridized carbons (Fsp3) is 1.00. The van der Waals surface area contributed by atoms with Crippen molar-refractivity contribution in [2.45, 2.75) is 50.4 Å². The molecular formula is C9H14F6Si. The number of alkyl halides is 6. The van der Waals surface area contributed by atoms with Crippen LogP contribution in [0, 0.1) is 5.41 Å². The lowest BCUT2D eigenvalue weighted by Gasteiger charge is -2.44. The highest BCUT2D eigenvalue weighted by Crippen LogP contribution is 2.59. The van der Waals surface area contributed by atoms with Gasteiger partial charge in [0.1, 0.15) is 0 Å². The van der Waals surface area contributed by atoms with Crippen molar-refractivity contribution in [1.82, 2.24) is 0 Å². The molecule has 0 radical (unpaired) electrons. The van der Waals surface area contributed by atoms with Crippen LogP contribution in [0.5, 0.6) is 0 Å². The van der Waals surface area contributed by atoms with Crippen molar-refractivity contribution in [3.8, 4) is 0 Å². The Morgan fingerprint density at radius 1 is 0.812 bits per heavy atom. The molecule has 1 aliphatic rings. The Morgan fingerprint density at radius 2 is 1.12 bits per heavy atom. The lowest BCUT2D eigenvalue weighted by atomic mass is 9.80. The van der Waals surface area contributed by atoms with E-state index >= 15 is 0 Å². The third-order valence-electron chi connectivity index (χ3n) is 3.54. The molecule has 16 heavy (non-hydrogen) atoms. The van der Waals surface area contributed by atoms with Crippen molar-refractivity contribution in [2.24, 2.45) is 5.41 Å². The summed E-state index contributed by atoms with van der Waals surface area (Å²) in [5.74, 6) is 0. The Morgan fingerprint density at radius 3 is 1.38 bits per heavy atom. The lowest BCUT2D eigenvalue weighted by molar-refractivity contribution is -0.344. The number of halogens is 6. The molecule has 0 atom stereocenters. The fourth-order valence-electron chi connectivity index (χ4n) is 2.08. The van der Waals surface area contributed by atoms with Gasteiger partial charge in [-0.25, -0.2) is 0 Å². The SMILES string of the molecule is C[Si]1(C)CCC(C(F)(F)F)(C(F)(F)F)CC1. The van der Waals surface area contributed by atoms with Gasteiger partial charge in [0.25, 0.3) is 0 Å². The molecule has 0 aromatic rings. The van der Waals surface area contributed by atoms with E-state index in [1.165, 1.54) is 0 Å². The molecular weight excluding hydrogens is 250 g/mol. The van der Waals surface area contributed by atoms with Crippen molar-refractivity contribution in [3.05, 3.63) is 0 Å². The van der Waals surface area contributed by atoms with Crippen LogP contribution in [-0.2, 0) is 0 Å². The van der Waals surface area contributed by atoms with Crippen LogP contribution in [0.4, 0.5) is 26.3 Å². The monoisotopic (exact) mass is 264 g/mol. The minimum atomic E-state index is -5.18. The summed E-state index contributed by atoms with van der Waals surface area (Å²) >= 11 is 0. The van der Waals surface area contributed by atoms with Crippen LogP contribution in [-0.4, -0.2) is 20.4 Å². The topological polar surface area (TPSA) is 0 Å². The molecule has 7 heteroatoms. The van der Waals surface area contributed by atoms with Crippen molar-refractivity contribution in [1.29, 1.82) is 0 Å². The van der Waals surface area contributed by atoms with E-state index in [0.29, 0.717) is 0 Å². The molecule has 1 heterocycles. The summed E-state index contributed by atoms with van der Waals surface area (Å²) in [4.78, 5) is 0. The minimum absolute atomic E-state index is 0.0893. The first-order chi connectivity index (χ1) is 6.91. The molecule has 0 N–H and O–H groups in total. The number of hydrogen-bond acceptors (Lipinski definition) is 0. The first-order valence-corrected chi connectivity index (χ1v) is 8.46. The highest BCUT2D eigenvalue weighted by atomic mass is 28.3. The summed E-state index contributed by atoms with van der Waals surface area (Å²) < 4.78 is 75.8. The summed E-state index contributed by atoms with van der Waals surface area (Å²) in [5, 5.41) is 0. The second-order valence-electron chi connectivity index (χ2n) is 5.24. The van der Waals surface area contributed by atoms with Gasteiger partial charge in [-0.3, -0.25) is 0 Å². The van der Waals surface area contributed by atoms with Crippen LogP contribution >= 0.6 is 0 Å². The van der Waals surface area contributed by atoms with Gasteiger partial charge < -0.3 is 0 Å². The van der Waals surface area contributed by atoms with Crippen LogP contribution in [0.15, 0.2) is 0 Å². The maximum Gasteiger partial charge on any atom is 0.403 e. The van der Waals surface area contributed by atoms with E-state index in [2.05, 4.69) is 0 Å². The maximum atomic E-state index is 12.6. The van der Waals surface area contributed by atoms with Gasteiger partial charge in [-0.05, 0) is 12.8 Å². The van der Waals surface area contributed by atoms with E-state index in [1.54, 1.807) is 0 Å². The van der Waals surface area contributed by atoms with Crippen molar-refractivity contribution < 1.29 is 26.3 Å². The Labute approximate surface area is 91.0 Å². The molecule has 0 aromatic heterocycles. The minimum Gasteiger partial charge on any atom is -0.170 e. The average Bonchev–Trinajstić information content (AvgIpc) is 1.98. The van der Waals surface area contributed by atoms with Crippen LogP contribution < -0.4 is 0 Å². The molecule has 0 spiro atoms. The molecule has 0 unspecified atom stereocenters. The second-order valence-corrected chi connectivity index (χ2v) is 10.6. The summed E-state index contributed by atoms with van der Waals surface area (Å²) in [6, 6.07) is 0.179. The van der Waals surface area contributed by atoms with Gasteiger partial charge >= 0.3 is 12.4 Å². The number of rotatable bonds is 0. The van der Waals surface area contributed by atoms with Crippen molar-refractivity contribution >= 4 is 8.07 Å². The molecule has 0 amide bonds. The van der Waals surface area contributed by atoms with Gasteiger partial charge in [-0.15, -0.1) is 0 Å². The highest BCUT2D eigenvalue weighted by molar-refractivity contribution is 6.77. The van der Waals surface area contributed by atoms with Crippen LogP contribution in [0.2, 0.25) is 25.2 Å². The Balaban J connectivity index is 3.03. The van der Waals surface area contributed by atoms with Gasteiger partial charge in [0.15, 0.2) is 5.41 Å². The molecule has 0 aromatic carbocycles. The standard InChI is InChI=1S/C9H14F6Si/c1-16(2)5-3-7(4-6-16,8(10,11)12)9(13,14)15/h3-6H2,1-2H3. The second kappa shape index (κ2) is 3.65. The normalized spacial score (nSPS) is 25.5. The van der Waals surface area contributed by atoms with Crippen molar-refractivity contribution in [3.63, 3.8) is 0 Å². The molecule has 1 fully saturated rings. The molecule has 0 aliphatic carbocycles. The molecule has 0 saturated carbocycles. The van der Waals surface area contributed by atoms with Gasteiger partial charge in [-0.2, -0.15) is 26.3 Å². The quantitative estimate of drug-likeness (QED) is 0.443. The van der Waals surface area contributed by atoms with E-state index in [0.717, 1.165) is 0 Å². The molecule has 96 valence electrons. The Hall–Kier alpha value is -0.203. The van der Waals surface area contributed by atoms with Crippen LogP contribution in [0.1, 0.15) is 12.8 Å². The zero-order valence-corrected chi connectivity index (χ0v) is 10.1. The zero-order valence-electron chi connectivity index (χ0n) is 9.10. The Kier molecular flexibility index (Phi) is 3.16. The first kappa shape index (κ1) is 13.9. The Bertz CT molecular complexity index is 238. The van der Waals surface area contributed by atoms with E-state index in [9.17, 15) is 26.3 Å². The van der Waals surface area contributed by atoms with E-state index in [1.807, 2.05) is 13.1 Å². The summed E-state index contributed by atoms with van der Waals surface area (Å²) in [6.07, 6.45) is -12.0. The largest absolute Gasteiger partial charge is 0.403 e. The van der Waals surface area contributed by atoms with Crippen LogP contribution in [0.25, 0.3) is 0 Å². The summed E-state index contributed by atoms with van der Waals surface area (Å²) in [7, 11) is -1.84. The van der Waals surface area contributed by atoms with E-state index in [-0.39, 0.29) is 12.1 Å². The lowest BCUT2D eigenvalue weighted by Crippen LogP contribution is -2.54. The van der Waals surface area contributed by atoms with Crippen molar-refractivity contribution in [2.75, 3.05) is 0 Å². The van der Waals surface area contributed by atoms with E-state index < -0.39 is 38.7 Å². The predicted molar refractivity (Wildman–Crippen MR) is 50.9 cm³/mol. The predicted octanol–water partition coefficient (Wildman–Crippen LogP) is 4.60. The van der Waals surface area contributed by atoms with Gasteiger partial charge in [0.2, 0.25) is 0 Å². The van der Waals surface area contributed by atoms with Gasteiger partial charge in [0, 0.05) is 8.07 Å². The smallest absolute Gasteiger partial charge is 0.170 e. The van der Waals surface area contributed by atoms with Gasteiger partial charge in [0.05, 0.1) is 0 Å². The third-order valence-corrected chi connectivity index (χ3v) is 6.75. The van der Waals surface area contributed by atoms with Crippen LogP contribution in [0.3, 0.4) is 0 Å². The average molecular weight is 264 g/mol. The molecule has 0 bridgehead atoms. The summed E-state index contributed by atoms with van der Waals surface area (Å²) in [5.41, 5.74) is -3.46. The third kappa shape index (κ3) is 2.23.